The number of aryl methyl sites for hydroxylation is 1. The van der Waals surface area contributed by atoms with Gasteiger partial charge in [-0.25, -0.2) is 13.1 Å². The molecule has 0 radical (unpaired) electrons. The molecule has 5 nitrogen and oxygen atoms in total. The number of rotatable bonds is 4. The number of hydrogen-bond donors (Lipinski definition) is 3. The molecule has 0 aliphatic carbocycles. The Morgan fingerprint density at radius 2 is 2.06 bits per heavy atom. The highest BCUT2D eigenvalue weighted by atomic mass is 32.2. The number of nitrogen functional groups attached to an aromatic ring is 1. The lowest BCUT2D eigenvalue weighted by atomic mass is 10.2. The van der Waals surface area contributed by atoms with Crippen LogP contribution in [0.4, 0.5) is 5.69 Å². The summed E-state index contributed by atoms with van der Waals surface area (Å²) in [5, 5.41) is 8.80. The van der Waals surface area contributed by atoms with Crippen LogP contribution in [0.1, 0.15) is 12.5 Å². The van der Waals surface area contributed by atoms with Gasteiger partial charge >= 0.3 is 0 Å². The number of sulfonamides is 1. The molecule has 6 heteroatoms. The number of aliphatic hydroxyl groups is 1. The van der Waals surface area contributed by atoms with Crippen molar-refractivity contribution in [2.24, 2.45) is 0 Å². The summed E-state index contributed by atoms with van der Waals surface area (Å²) < 4.78 is 26.0. The SMILES string of the molecule is Cc1cc(N)cc(S(=O)(=O)N[C@@H](C)CO)c1. The van der Waals surface area contributed by atoms with Crippen LogP contribution in [0.25, 0.3) is 0 Å². The highest BCUT2D eigenvalue weighted by molar-refractivity contribution is 7.89. The summed E-state index contributed by atoms with van der Waals surface area (Å²) >= 11 is 0. The van der Waals surface area contributed by atoms with Crippen molar-refractivity contribution in [3.05, 3.63) is 23.8 Å². The summed E-state index contributed by atoms with van der Waals surface area (Å²) in [6, 6.07) is 4.09. The molecule has 0 aromatic heterocycles. The Kier molecular flexibility index (Phi) is 3.90. The highest BCUT2D eigenvalue weighted by Gasteiger charge is 2.17. The first kappa shape index (κ1) is 13.0. The van der Waals surface area contributed by atoms with E-state index >= 15 is 0 Å². The Bertz CT molecular complexity index is 451. The summed E-state index contributed by atoms with van der Waals surface area (Å²) in [6.07, 6.45) is 0. The largest absolute Gasteiger partial charge is 0.399 e. The van der Waals surface area contributed by atoms with Crippen LogP contribution in [0, 0.1) is 6.92 Å². The number of hydrogen-bond acceptors (Lipinski definition) is 4. The summed E-state index contributed by atoms with van der Waals surface area (Å²) in [4.78, 5) is 0.116. The van der Waals surface area contributed by atoms with E-state index in [2.05, 4.69) is 4.72 Å². The minimum atomic E-state index is -3.61. The topological polar surface area (TPSA) is 92.4 Å². The molecule has 1 rings (SSSR count). The van der Waals surface area contributed by atoms with Crippen LogP contribution in [0.15, 0.2) is 23.1 Å². The molecule has 0 spiro atoms. The maximum absolute atomic E-state index is 11.8. The van der Waals surface area contributed by atoms with E-state index in [0.29, 0.717) is 5.69 Å². The van der Waals surface area contributed by atoms with Crippen LogP contribution < -0.4 is 10.5 Å². The molecule has 0 aliphatic rings. The molecular weight excluding hydrogens is 228 g/mol. The smallest absolute Gasteiger partial charge is 0.240 e. The molecule has 90 valence electrons. The monoisotopic (exact) mass is 244 g/mol. The van der Waals surface area contributed by atoms with Crippen LogP contribution >= 0.6 is 0 Å². The number of nitrogens with two attached hydrogens (primary N) is 1. The number of nitrogens with one attached hydrogen (secondary N) is 1. The quantitative estimate of drug-likeness (QED) is 0.661. The fraction of sp³-hybridized carbons (Fsp3) is 0.400. The molecule has 0 fully saturated rings. The van der Waals surface area contributed by atoms with Crippen LogP contribution in [0.2, 0.25) is 0 Å². The molecule has 4 N–H and O–H groups in total. The Morgan fingerprint density at radius 3 is 2.56 bits per heavy atom. The minimum absolute atomic E-state index is 0.116. The lowest BCUT2D eigenvalue weighted by molar-refractivity contribution is 0.265. The number of aliphatic hydroxyl groups excluding tert-OH is 1. The maximum atomic E-state index is 11.8. The Labute approximate surface area is 95.3 Å². The van der Waals surface area contributed by atoms with E-state index in [4.69, 9.17) is 10.8 Å². The molecule has 0 heterocycles. The van der Waals surface area contributed by atoms with Gasteiger partial charge in [-0.3, -0.25) is 0 Å². The van der Waals surface area contributed by atoms with Gasteiger partial charge in [0.1, 0.15) is 0 Å². The summed E-state index contributed by atoms with van der Waals surface area (Å²) in [6.45, 7) is 3.10. The van der Waals surface area contributed by atoms with Crippen LogP contribution in [0.3, 0.4) is 0 Å². The predicted molar refractivity (Wildman–Crippen MR) is 62.5 cm³/mol. The van der Waals surface area contributed by atoms with Gasteiger partial charge in [-0.2, -0.15) is 0 Å². The molecule has 0 unspecified atom stereocenters. The van der Waals surface area contributed by atoms with E-state index in [1.165, 1.54) is 12.1 Å². The average molecular weight is 244 g/mol. The van der Waals surface area contributed by atoms with E-state index in [-0.39, 0.29) is 11.5 Å². The Hall–Kier alpha value is -1.11. The fourth-order valence-electron chi connectivity index (χ4n) is 1.30. The van der Waals surface area contributed by atoms with E-state index < -0.39 is 16.1 Å². The second kappa shape index (κ2) is 4.82. The number of anilines is 1. The van der Waals surface area contributed by atoms with Crippen LogP contribution in [0.5, 0.6) is 0 Å². The lowest BCUT2D eigenvalue weighted by Gasteiger charge is -2.12. The first-order chi connectivity index (χ1) is 7.35. The molecule has 0 saturated carbocycles. The van der Waals surface area contributed by atoms with Crippen molar-refractivity contribution < 1.29 is 13.5 Å². The van der Waals surface area contributed by atoms with Crippen molar-refractivity contribution in [3.63, 3.8) is 0 Å². The number of benzene rings is 1. The molecule has 1 aromatic carbocycles. The third kappa shape index (κ3) is 3.19. The van der Waals surface area contributed by atoms with Gasteiger partial charge < -0.3 is 10.8 Å². The van der Waals surface area contributed by atoms with Crippen molar-refractivity contribution in [2.75, 3.05) is 12.3 Å². The third-order valence-electron chi connectivity index (χ3n) is 2.01. The third-order valence-corrected chi connectivity index (χ3v) is 3.58. The van der Waals surface area contributed by atoms with Crippen molar-refractivity contribution >= 4 is 15.7 Å². The van der Waals surface area contributed by atoms with Gasteiger partial charge in [0.05, 0.1) is 11.5 Å². The molecule has 0 bridgehead atoms. The van der Waals surface area contributed by atoms with E-state index in [1.807, 2.05) is 0 Å². The first-order valence-corrected chi connectivity index (χ1v) is 6.34. The molecule has 0 saturated heterocycles. The Morgan fingerprint density at radius 1 is 1.44 bits per heavy atom. The average Bonchev–Trinajstić information content (AvgIpc) is 2.15. The maximum Gasteiger partial charge on any atom is 0.240 e. The zero-order chi connectivity index (χ0) is 12.3. The van der Waals surface area contributed by atoms with Gasteiger partial charge in [0.25, 0.3) is 0 Å². The van der Waals surface area contributed by atoms with Crippen molar-refractivity contribution in [1.82, 2.24) is 4.72 Å². The van der Waals surface area contributed by atoms with Crippen LogP contribution in [-0.4, -0.2) is 26.2 Å². The Balaban J connectivity index is 3.07. The molecule has 0 amide bonds. The molecular formula is C10H16N2O3S. The molecule has 1 atom stereocenters. The fourth-order valence-corrected chi connectivity index (χ4v) is 2.67. The van der Waals surface area contributed by atoms with Gasteiger partial charge in [-0.05, 0) is 37.6 Å². The van der Waals surface area contributed by atoms with Crippen molar-refractivity contribution in [3.8, 4) is 0 Å². The second-order valence-electron chi connectivity index (χ2n) is 3.78. The summed E-state index contributed by atoms with van der Waals surface area (Å²) in [7, 11) is -3.61. The summed E-state index contributed by atoms with van der Waals surface area (Å²) in [5.74, 6) is 0. The standard InChI is InChI=1S/C10H16N2O3S/c1-7-3-9(11)5-10(4-7)16(14,15)12-8(2)6-13/h3-5,8,12-13H,6,11H2,1-2H3/t8-/m0/s1. The minimum Gasteiger partial charge on any atom is -0.399 e. The second-order valence-corrected chi connectivity index (χ2v) is 5.50. The normalized spacial score (nSPS) is 13.7. The van der Waals surface area contributed by atoms with Gasteiger partial charge in [0.2, 0.25) is 10.0 Å². The zero-order valence-electron chi connectivity index (χ0n) is 9.27. The first-order valence-electron chi connectivity index (χ1n) is 4.85. The molecule has 0 aliphatic heterocycles. The van der Waals surface area contributed by atoms with Crippen LogP contribution in [-0.2, 0) is 10.0 Å². The molecule has 1 aromatic rings. The molecule has 16 heavy (non-hydrogen) atoms. The van der Waals surface area contributed by atoms with E-state index in [9.17, 15) is 8.42 Å². The van der Waals surface area contributed by atoms with Gasteiger partial charge in [0.15, 0.2) is 0 Å². The van der Waals surface area contributed by atoms with Gasteiger partial charge in [-0.15, -0.1) is 0 Å². The zero-order valence-corrected chi connectivity index (χ0v) is 10.1. The van der Waals surface area contributed by atoms with Gasteiger partial charge in [0, 0.05) is 11.7 Å². The van der Waals surface area contributed by atoms with Crippen molar-refractivity contribution in [2.45, 2.75) is 24.8 Å². The lowest BCUT2D eigenvalue weighted by Crippen LogP contribution is -2.35. The van der Waals surface area contributed by atoms with Gasteiger partial charge in [-0.1, -0.05) is 0 Å². The highest BCUT2D eigenvalue weighted by Crippen LogP contribution is 2.16. The summed E-state index contributed by atoms with van der Waals surface area (Å²) in [5.41, 5.74) is 6.75. The van der Waals surface area contributed by atoms with Crippen molar-refractivity contribution in [1.29, 1.82) is 0 Å². The van der Waals surface area contributed by atoms with E-state index in [1.54, 1.807) is 19.9 Å². The van der Waals surface area contributed by atoms with E-state index in [0.717, 1.165) is 5.56 Å². The predicted octanol–water partition coefficient (Wildman–Crippen LogP) is 0.236.